The molecule has 3 rings (SSSR count). The summed E-state index contributed by atoms with van der Waals surface area (Å²) in [7, 11) is 0. The third-order valence-electron chi connectivity index (χ3n) is 3.63. The van der Waals surface area contributed by atoms with Gasteiger partial charge in [0.1, 0.15) is 30.5 Å². The monoisotopic (exact) mass is 304 g/mol. The maximum Gasteiger partial charge on any atom is 0.294 e. The summed E-state index contributed by atoms with van der Waals surface area (Å²) in [6.07, 6.45) is 6.69. The highest BCUT2D eigenvalue weighted by Gasteiger charge is 2.23. The van der Waals surface area contributed by atoms with Crippen molar-refractivity contribution in [3.05, 3.63) is 28.0 Å². The molecule has 0 saturated heterocycles. The van der Waals surface area contributed by atoms with Crippen LogP contribution in [0, 0.1) is 11.3 Å². The van der Waals surface area contributed by atoms with Gasteiger partial charge in [-0.1, -0.05) is 6.42 Å². The Bertz CT molecular complexity index is 628. The maximum absolute atomic E-state index is 12.1. The van der Waals surface area contributed by atoms with E-state index in [1.54, 1.807) is 0 Å². The largest absolute Gasteiger partial charge is 0.494 e. The molecule has 2 heterocycles. The van der Waals surface area contributed by atoms with Crippen LogP contribution in [0.4, 0.5) is 5.00 Å². The van der Waals surface area contributed by atoms with E-state index in [2.05, 4.69) is 11.4 Å². The number of carbonyl (C=O) groups is 1. The molecule has 0 fully saturated rings. The maximum atomic E-state index is 12.1. The topological polar surface area (TPSA) is 71.4 Å². The molecule has 0 spiro atoms. The van der Waals surface area contributed by atoms with Gasteiger partial charge in [0.2, 0.25) is 5.76 Å². The standard InChI is InChI=1S/C15H16N2O3S/c16-8-11-10-4-2-1-3-5-13(10)21-15(11)17-14(18)12-9-19-6-7-20-12/h9H,1-7H2,(H,17,18). The second-order valence-electron chi connectivity index (χ2n) is 5.04. The molecule has 1 aliphatic heterocycles. The van der Waals surface area contributed by atoms with E-state index in [4.69, 9.17) is 9.47 Å². The van der Waals surface area contributed by atoms with Crippen LogP contribution in [0.15, 0.2) is 12.0 Å². The van der Waals surface area contributed by atoms with Gasteiger partial charge in [0, 0.05) is 4.88 Å². The van der Waals surface area contributed by atoms with Crippen LogP contribution in [0.2, 0.25) is 0 Å². The number of carbonyl (C=O) groups excluding carboxylic acids is 1. The number of aryl methyl sites for hydroxylation is 1. The molecular formula is C15H16N2O3S. The Morgan fingerprint density at radius 3 is 2.90 bits per heavy atom. The van der Waals surface area contributed by atoms with E-state index in [1.807, 2.05) is 0 Å². The average Bonchev–Trinajstić information content (AvgIpc) is 2.68. The second-order valence-corrected chi connectivity index (χ2v) is 6.14. The first kappa shape index (κ1) is 14.0. The van der Waals surface area contributed by atoms with Crippen LogP contribution < -0.4 is 5.32 Å². The van der Waals surface area contributed by atoms with Gasteiger partial charge in [0.05, 0.1) is 5.56 Å². The zero-order valence-corrected chi connectivity index (χ0v) is 12.4. The van der Waals surface area contributed by atoms with Crippen LogP contribution in [0.1, 0.15) is 35.3 Å². The summed E-state index contributed by atoms with van der Waals surface area (Å²) in [5.74, 6) is -0.198. The Morgan fingerprint density at radius 1 is 1.29 bits per heavy atom. The summed E-state index contributed by atoms with van der Waals surface area (Å²) in [5.41, 5.74) is 1.73. The summed E-state index contributed by atoms with van der Waals surface area (Å²) in [4.78, 5) is 13.4. The van der Waals surface area contributed by atoms with E-state index in [-0.39, 0.29) is 11.7 Å². The molecule has 1 amide bonds. The molecule has 1 N–H and O–H groups in total. The molecule has 0 saturated carbocycles. The number of ether oxygens (including phenoxy) is 2. The van der Waals surface area contributed by atoms with Crippen LogP contribution in [0.3, 0.4) is 0 Å². The smallest absolute Gasteiger partial charge is 0.294 e. The number of hydrogen-bond acceptors (Lipinski definition) is 5. The minimum absolute atomic E-state index is 0.161. The van der Waals surface area contributed by atoms with Crippen molar-refractivity contribution in [2.45, 2.75) is 32.1 Å². The number of fused-ring (bicyclic) bond motifs is 1. The Labute approximate surface area is 127 Å². The van der Waals surface area contributed by atoms with Crippen LogP contribution in [0.5, 0.6) is 0 Å². The van der Waals surface area contributed by atoms with Crippen molar-refractivity contribution in [2.24, 2.45) is 0 Å². The Kier molecular flexibility index (Phi) is 4.11. The molecule has 1 aliphatic carbocycles. The van der Waals surface area contributed by atoms with Crippen molar-refractivity contribution in [2.75, 3.05) is 18.5 Å². The molecule has 0 radical (unpaired) electrons. The lowest BCUT2D eigenvalue weighted by atomic mass is 10.1. The fourth-order valence-corrected chi connectivity index (χ4v) is 3.84. The summed E-state index contributed by atoms with van der Waals surface area (Å²) in [6, 6.07) is 2.24. The Balaban J connectivity index is 1.84. The molecule has 6 heteroatoms. The van der Waals surface area contributed by atoms with Crippen molar-refractivity contribution in [3.63, 3.8) is 0 Å². The molecule has 1 aromatic heterocycles. The van der Waals surface area contributed by atoms with Crippen molar-refractivity contribution >= 4 is 22.2 Å². The van der Waals surface area contributed by atoms with Gasteiger partial charge in [-0.2, -0.15) is 5.26 Å². The highest BCUT2D eigenvalue weighted by molar-refractivity contribution is 7.16. The van der Waals surface area contributed by atoms with E-state index in [0.29, 0.717) is 23.8 Å². The second kappa shape index (κ2) is 6.19. The normalized spacial score (nSPS) is 17.4. The molecule has 0 bridgehead atoms. The van der Waals surface area contributed by atoms with E-state index < -0.39 is 0 Å². The quantitative estimate of drug-likeness (QED) is 0.853. The van der Waals surface area contributed by atoms with Crippen LogP contribution in [-0.2, 0) is 27.1 Å². The lowest BCUT2D eigenvalue weighted by molar-refractivity contribution is -0.117. The van der Waals surface area contributed by atoms with E-state index in [0.717, 1.165) is 31.2 Å². The van der Waals surface area contributed by atoms with Crippen molar-refractivity contribution in [1.82, 2.24) is 0 Å². The van der Waals surface area contributed by atoms with E-state index in [1.165, 1.54) is 28.9 Å². The number of hydrogen-bond donors (Lipinski definition) is 1. The van der Waals surface area contributed by atoms with Gasteiger partial charge in [-0.05, 0) is 31.2 Å². The molecule has 1 aromatic rings. The molecule has 0 aromatic carbocycles. The Morgan fingerprint density at radius 2 is 2.14 bits per heavy atom. The van der Waals surface area contributed by atoms with Gasteiger partial charge in [-0.3, -0.25) is 4.79 Å². The number of rotatable bonds is 2. The predicted molar refractivity (Wildman–Crippen MR) is 78.9 cm³/mol. The van der Waals surface area contributed by atoms with Gasteiger partial charge < -0.3 is 14.8 Å². The van der Waals surface area contributed by atoms with Crippen LogP contribution in [0.25, 0.3) is 0 Å². The van der Waals surface area contributed by atoms with Gasteiger partial charge in [-0.15, -0.1) is 11.3 Å². The SMILES string of the molecule is N#Cc1c(NC(=O)C2=COCCO2)sc2c1CCCCC2. The number of nitrogens with one attached hydrogen (secondary N) is 1. The predicted octanol–water partition coefficient (Wildman–Crippen LogP) is 2.72. The minimum Gasteiger partial charge on any atom is -0.494 e. The summed E-state index contributed by atoms with van der Waals surface area (Å²) >= 11 is 1.51. The van der Waals surface area contributed by atoms with Gasteiger partial charge in [-0.25, -0.2) is 0 Å². The lowest BCUT2D eigenvalue weighted by Crippen LogP contribution is -2.21. The molecule has 5 nitrogen and oxygen atoms in total. The third-order valence-corrected chi connectivity index (χ3v) is 4.84. The number of thiophene rings is 1. The lowest BCUT2D eigenvalue weighted by Gasteiger charge is -2.14. The fourth-order valence-electron chi connectivity index (χ4n) is 2.60. The molecule has 0 atom stereocenters. The fraction of sp³-hybridized carbons (Fsp3) is 0.467. The van der Waals surface area contributed by atoms with Gasteiger partial charge in [0.15, 0.2) is 0 Å². The first-order valence-corrected chi connectivity index (χ1v) is 7.92. The molecule has 2 aliphatic rings. The van der Waals surface area contributed by atoms with Crippen molar-refractivity contribution in [3.8, 4) is 6.07 Å². The molecular weight excluding hydrogens is 288 g/mol. The van der Waals surface area contributed by atoms with Crippen molar-refractivity contribution in [1.29, 1.82) is 5.26 Å². The highest BCUT2D eigenvalue weighted by atomic mass is 32.1. The average molecular weight is 304 g/mol. The molecule has 110 valence electrons. The third kappa shape index (κ3) is 2.88. The summed E-state index contributed by atoms with van der Waals surface area (Å²) in [6.45, 7) is 0.818. The number of amides is 1. The van der Waals surface area contributed by atoms with E-state index in [9.17, 15) is 10.1 Å². The zero-order valence-electron chi connectivity index (χ0n) is 11.6. The zero-order chi connectivity index (χ0) is 14.7. The Hall–Kier alpha value is -2.00. The minimum atomic E-state index is -0.359. The number of anilines is 1. The molecule has 21 heavy (non-hydrogen) atoms. The number of nitriles is 1. The summed E-state index contributed by atoms with van der Waals surface area (Å²) in [5, 5.41) is 12.8. The number of nitrogens with zero attached hydrogens (tertiary/aromatic N) is 1. The van der Waals surface area contributed by atoms with Crippen molar-refractivity contribution < 1.29 is 14.3 Å². The van der Waals surface area contributed by atoms with Gasteiger partial charge in [0.25, 0.3) is 5.91 Å². The summed E-state index contributed by atoms with van der Waals surface area (Å²) < 4.78 is 10.3. The highest BCUT2D eigenvalue weighted by Crippen LogP contribution is 2.37. The first-order valence-electron chi connectivity index (χ1n) is 7.10. The van der Waals surface area contributed by atoms with Gasteiger partial charge >= 0.3 is 0 Å². The van der Waals surface area contributed by atoms with Crippen LogP contribution in [-0.4, -0.2) is 19.1 Å². The molecule has 0 unspecified atom stereocenters. The van der Waals surface area contributed by atoms with Crippen LogP contribution >= 0.6 is 11.3 Å². The first-order chi connectivity index (χ1) is 10.3. The van der Waals surface area contributed by atoms with E-state index >= 15 is 0 Å².